The van der Waals surface area contributed by atoms with Crippen molar-refractivity contribution in [1.29, 1.82) is 0 Å². The molecule has 0 aliphatic rings. The zero-order chi connectivity index (χ0) is 21.0. The van der Waals surface area contributed by atoms with Gasteiger partial charge in [0.2, 0.25) is 0 Å². The van der Waals surface area contributed by atoms with Crippen LogP contribution in [0.2, 0.25) is 0 Å². The lowest BCUT2D eigenvalue weighted by Crippen LogP contribution is -3.00. The molecule has 0 N–H and O–H groups in total. The summed E-state index contributed by atoms with van der Waals surface area (Å²) in [5.74, 6) is 0. The van der Waals surface area contributed by atoms with Crippen molar-refractivity contribution in [1.82, 2.24) is 0 Å². The maximum absolute atomic E-state index is 2.37. The van der Waals surface area contributed by atoms with Crippen molar-refractivity contribution in [3.63, 3.8) is 0 Å². The Labute approximate surface area is 196 Å². The summed E-state index contributed by atoms with van der Waals surface area (Å²) >= 11 is 0. The number of hydrogen-bond acceptors (Lipinski definition) is 0. The molecule has 0 unspecified atom stereocenters. The number of nitrogens with zero attached hydrogens (tertiary/aromatic N) is 1. The highest BCUT2D eigenvalue weighted by Crippen LogP contribution is 2.15. The van der Waals surface area contributed by atoms with Gasteiger partial charge in [-0.3, -0.25) is 0 Å². The van der Waals surface area contributed by atoms with Crippen molar-refractivity contribution < 1.29 is 16.9 Å². The molecule has 0 aliphatic heterocycles. The van der Waals surface area contributed by atoms with Gasteiger partial charge in [0.05, 0.1) is 20.6 Å². The van der Waals surface area contributed by atoms with E-state index in [4.69, 9.17) is 0 Å². The van der Waals surface area contributed by atoms with Crippen molar-refractivity contribution >= 4 is 0 Å². The van der Waals surface area contributed by atoms with Crippen LogP contribution in [-0.2, 0) is 6.54 Å². The fraction of sp³-hybridized carbons (Fsp3) is 0.786. The van der Waals surface area contributed by atoms with E-state index in [2.05, 4.69) is 51.4 Å². The summed E-state index contributed by atoms with van der Waals surface area (Å²) in [7, 11) is 4.75. The van der Waals surface area contributed by atoms with Crippen LogP contribution in [0, 0.1) is 0 Å². The maximum atomic E-state index is 2.37. The Bertz CT molecular complexity index is 457. The first-order valence-corrected chi connectivity index (χ1v) is 13.0. The minimum absolute atomic E-state index is 0. The van der Waals surface area contributed by atoms with Crippen LogP contribution < -0.4 is 12.4 Å². The molecule has 0 heterocycles. The number of rotatable bonds is 20. The summed E-state index contributed by atoms with van der Waals surface area (Å²) in [4.78, 5) is 0. The predicted octanol–water partition coefficient (Wildman–Crippen LogP) is 5.92. The van der Waals surface area contributed by atoms with Gasteiger partial charge >= 0.3 is 0 Å². The monoisotopic (exact) mass is 437 g/mol. The zero-order valence-electron chi connectivity index (χ0n) is 20.6. The average Bonchev–Trinajstić information content (AvgIpc) is 2.70. The third-order valence-electron chi connectivity index (χ3n) is 6.32. The smallest absolute Gasteiger partial charge is 0.104 e. The number of benzene rings is 1. The van der Waals surface area contributed by atoms with Crippen LogP contribution in [0.25, 0.3) is 0 Å². The molecule has 0 spiro atoms. The molecule has 0 fully saturated rings. The van der Waals surface area contributed by atoms with Crippen LogP contribution in [-0.4, -0.2) is 25.1 Å². The van der Waals surface area contributed by atoms with Crippen LogP contribution in [0.15, 0.2) is 30.3 Å². The van der Waals surface area contributed by atoms with Crippen LogP contribution in [0.4, 0.5) is 0 Å². The lowest BCUT2D eigenvalue weighted by atomic mass is 10.0. The van der Waals surface area contributed by atoms with Crippen molar-refractivity contribution in [2.75, 3.05) is 20.6 Å². The number of quaternary nitrogens is 1. The van der Waals surface area contributed by atoms with E-state index in [1.54, 1.807) is 0 Å². The van der Waals surface area contributed by atoms with E-state index in [9.17, 15) is 0 Å². The maximum Gasteiger partial charge on any atom is 0.104 e. The quantitative estimate of drug-likeness (QED) is 0.175. The second kappa shape index (κ2) is 20.4. The summed E-state index contributed by atoms with van der Waals surface area (Å²) in [5.41, 5.74) is 1.46. The summed E-state index contributed by atoms with van der Waals surface area (Å²) in [6.45, 7) is 4.75. The Hall–Kier alpha value is -0.530. The molecule has 1 aromatic carbocycles. The minimum atomic E-state index is 0. The summed E-state index contributed by atoms with van der Waals surface area (Å²) in [6.07, 6.45) is 24.6. The molecule has 0 amide bonds. The van der Waals surface area contributed by atoms with Crippen LogP contribution >= 0.6 is 0 Å². The van der Waals surface area contributed by atoms with Gasteiger partial charge in [0.15, 0.2) is 0 Å². The first kappa shape index (κ1) is 29.5. The fourth-order valence-corrected chi connectivity index (χ4v) is 4.42. The molecule has 1 aromatic rings. The highest BCUT2D eigenvalue weighted by Gasteiger charge is 2.14. The Morgan fingerprint density at radius 1 is 0.533 bits per heavy atom. The molecule has 0 aliphatic carbocycles. The second-order valence-corrected chi connectivity index (χ2v) is 9.96. The van der Waals surface area contributed by atoms with E-state index >= 15 is 0 Å². The number of hydrogen-bond donors (Lipinski definition) is 0. The molecule has 2 heteroatoms. The molecular formula is C28H52ClN. The third kappa shape index (κ3) is 18.3. The predicted molar refractivity (Wildman–Crippen MR) is 131 cm³/mol. The highest BCUT2D eigenvalue weighted by atomic mass is 35.5. The molecule has 0 saturated heterocycles. The Balaban J connectivity index is 0.00000841. The summed E-state index contributed by atoms with van der Waals surface area (Å²) in [5, 5.41) is 0. The normalized spacial score (nSPS) is 11.4. The summed E-state index contributed by atoms with van der Waals surface area (Å²) < 4.78 is 1.11. The Morgan fingerprint density at radius 3 is 1.30 bits per heavy atom. The lowest BCUT2D eigenvalue weighted by Gasteiger charge is -2.30. The Morgan fingerprint density at radius 2 is 0.900 bits per heavy atom. The van der Waals surface area contributed by atoms with Gasteiger partial charge in [-0.1, -0.05) is 134 Å². The van der Waals surface area contributed by atoms with Gasteiger partial charge in [-0.15, -0.1) is 0 Å². The molecule has 1 nitrogen and oxygen atoms in total. The van der Waals surface area contributed by atoms with E-state index < -0.39 is 0 Å². The SMILES string of the molecule is CCCCCCCCCCCCCCCCCCC[N+](C)(C)Cc1ccccc1.[Cl-]. The Kier molecular flexibility index (Phi) is 20.0. The van der Waals surface area contributed by atoms with E-state index in [-0.39, 0.29) is 12.4 Å². The number of halogens is 1. The molecule has 30 heavy (non-hydrogen) atoms. The molecule has 0 aromatic heterocycles. The van der Waals surface area contributed by atoms with Gasteiger partial charge in [-0.05, 0) is 12.8 Å². The average molecular weight is 438 g/mol. The first-order chi connectivity index (χ1) is 14.1. The minimum Gasteiger partial charge on any atom is -1.00 e. The van der Waals surface area contributed by atoms with Crippen LogP contribution in [0.1, 0.15) is 122 Å². The van der Waals surface area contributed by atoms with Crippen molar-refractivity contribution in [2.45, 2.75) is 123 Å². The van der Waals surface area contributed by atoms with E-state index in [0.29, 0.717) is 0 Å². The molecule has 176 valence electrons. The molecule has 0 radical (unpaired) electrons. The van der Waals surface area contributed by atoms with Crippen LogP contribution in [0.5, 0.6) is 0 Å². The molecule has 0 saturated carbocycles. The van der Waals surface area contributed by atoms with Gasteiger partial charge in [0, 0.05) is 5.56 Å². The van der Waals surface area contributed by atoms with Crippen molar-refractivity contribution in [3.8, 4) is 0 Å². The van der Waals surface area contributed by atoms with Crippen molar-refractivity contribution in [2.24, 2.45) is 0 Å². The largest absolute Gasteiger partial charge is 1.00 e. The van der Waals surface area contributed by atoms with Gasteiger partial charge in [0.25, 0.3) is 0 Å². The van der Waals surface area contributed by atoms with E-state index in [1.165, 1.54) is 121 Å². The first-order valence-electron chi connectivity index (χ1n) is 13.0. The van der Waals surface area contributed by atoms with Crippen LogP contribution in [0.3, 0.4) is 0 Å². The number of unbranched alkanes of at least 4 members (excludes halogenated alkanes) is 16. The third-order valence-corrected chi connectivity index (χ3v) is 6.32. The second-order valence-electron chi connectivity index (χ2n) is 9.96. The van der Waals surface area contributed by atoms with Gasteiger partial charge in [-0.25, -0.2) is 0 Å². The zero-order valence-corrected chi connectivity index (χ0v) is 21.4. The molecule has 0 bridgehead atoms. The van der Waals surface area contributed by atoms with E-state index in [1.807, 2.05) is 0 Å². The van der Waals surface area contributed by atoms with Gasteiger partial charge in [0.1, 0.15) is 6.54 Å². The van der Waals surface area contributed by atoms with E-state index in [0.717, 1.165) is 11.0 Å². The lowest BCUT2D eigenvalue weighted by molar-refractivity contribution is -0.903. The van der Waals surface area contributed by atoms with Gasteiger partial charge in [-0.2, -0.15) is 0 Å². The highest BCUT2D eigenvalue weighted by molar-refractivity contribution is 5.13. The summed E-state index contributed by atoms with van der Waals surface area (Å²) in [6, 6.07) is 10.9. The van der Waals surface area contributed by atoms with Crippen molar-refractivity contribution in [3.05, 3.63) is 35.9 Å². The molecular weight excluding hydrogens is 386 g/mol. The van der Waals surface area contributed by atoms with Gasteiger partial charge < -0.3 is 16.9 Å². The standard InChI is InChI=1S/C28H52N.ClH/c1-4-5-6-7-8-9-10-11-12-13-14-15-16-17-18-19-23-26-29(2,3)27-28-24-21-20-22-25-28;/h20-22,24-25H,4-19,23,26-27H2,1-3H3;1H/q+1;/p-1. The fourth-order valence-electron chi connectivity index (χ4n) is 4.42. The topological polar surface area (TPSA) is 0 Å². The molecule has 1 rings (SSSR count). The molecule has 0 atom stereocenters.